The second-order valence-corrected chi connectivity index (χ2v) is 20.7. The number of hydrogen-bond acceptors (Lipinski definition) is 4. The van der Waals surface area contributed by atoms with Crippen molar-refractivity contribution in [2.45, 2.75) is 10.8 Å². The van der Waals surface area contributed by atoms with Gasteiger partial charge < -0.3 is 19.3 Å². The van der Waals surface area contributed by atoms with Gasteiger partial charge in [-0.25, -0.2) is 0 Å². The Morgan fingerprint density at radius 3 is 0.885 bits per heavy atom. The van der Waals surface area contributed by atoms with E-state index < -0.39 is 10.8 Å². The maximum absolute atomic E-state index is 6.78. The molecule has 4 heterocycles. The zero-order valence-electron chi connectivity index (χ0n) is 42.4. The van der Waals surface area contributed by atoms with Crippen LogP contribution in [0.1, 0.15) is 44.5 Å². The van der Waals surface area contributed by atoms with Crippen LogP contribution in [0.4, 0.5) is 34.1 Å². The minimum Gasteiger partial charge on any atom is -0.457 e. The monoisotopic (exact) mass is 996 g/mol. The van der Waals surface area contributed by atoms with Crippen molar-refractivity contribution < 1.29 is 9.47 Å². The topological polar surface area (TPSA) is 24.9 Å². The predicted molar refractivity (Wildman–Crippen MR) is 316 cm³/mol. The number of nitrogens with zero attached hydrogens (tertiary/aromatic N) is 2. The summed E-state index contributed by atoms with van der Waals surface area (Å²) in [5.41, 5.74) is 21.5. The molecule has 0 unspecified atom stereocenters. The summed E-state index contributed by atoms with van der Waals surface area (Å²) in [7, 11) is 0. The third-order valence-electron chi connectivity index (χ3n) is 16.7. The third-order valence-corrected chi connectivity index (χ3v) is 16.7. The molecular formula is C74H48N2O2. The summed E-state index contributed by atoms with van der Waals surface area (Å²) < 4.78 is 13.6. The lowest BCUT2D eigenvalue weighted by Crippen LogP contribution is -2.39. The Morgan fingerprint density at radius 1 is 0.205 bits per heavy atom. The summed E-state index contributed by atoms with van der Waals surface area (Å²) in [5, 5.41) is 0. The van der Waals surface area contributed by atoms with Crippen molar-refractivity contribution >= 4 is 34.1 Å². The number of anilines is 6. The van der Waals surface area contributed by atoms with Gasteiger partial charge in [0.05, 0.1) is 33.6 Å². The van der Waals surface area contributed by atoms with Gasteiger partial charge in [0.2, 0.25) is 0 Å². The van der Waals surface area contributed by atoms with E-state index in [1.165, 1.54) is 33.4 Å². The van der Waals surface area contributed by atoms with Crippen molar-refractivity contribution in [2.24, 2.45) is 0 Å². The van der Waals surface area contributed by atoms with Crippen molar-refractivity contribution in [3.8, 4) is 56.4 Å². The number of benzene rings is 12. The van der Waals surface area contributed by atoms with E-state index in [9.17, 15) is 0 Å². The molecule has 0 radical (unpaired) electrons. The Hall–Kier alpha value is -10.2. The van der Waals surface area contributed by atoms with Gasteiger partial charge in [-0.1, -0.05) is 206 Å². The molecule has 4 heteroatoms. The molecule has 0 saturated heterocycles. The van der Waals surface area contributed by atoms with Crippen molar-refractivity contribution in [1.82, 2.24) is 0 Å². The smallest absolute Gasteiger partial charge is 0.132 e. The van der Waals surface area contributed by atoms with Crippen molar-refractivity contribution in [3.63, 3.8) is 0 Å². The first kappa shape index (κ1) is 44.2. The summed E-state index contributed by atoms with van der Waals surface area (Å²) in [5.74, 6) is 3.46. The van der Waals surface area contributed by atoms with Crippen LogP contribution in [-0.2, 0) is 10.8 Å². The third kappa shape index (κ3) is 6.29. The molecule has 0 saturated carbocycles. The number of fused-ring (bicyclic) bond motifs is 16. The van der Waals surface area contributed by atoms with Gasteiger partial charge in [-0.05, 0) is 141 Å². The number of hydrogen-bond donors (Lipinski definition) is 0. The standard InChI is InChI=1S/C74H48N2O2/c1-3-21-49(22-4-1)53-41-43-67-63(47-53)73(59-31-9-15-37-69(59)77-70-38-16-10-32-60(70)73)57-29-7-13-35-65(57)75(67)55-27-19-25-51(45-55)52-26-20-28-56(46-52)76-66-36-14-8-30-58(66)74(64-48-54(42-44-68(64)76)50-23-5-2-6-24-50)61-33-11-17-39-71(61)78-72-40-18-12-34-62(72)74/h1-48H. The molecule has 0 atom stereocenters. The molecule has 12 aromatic carbocycles. The zero-order chi connectivity index (χ0) is 51.4. The van der Waals surface area contributed by atoms with Gasteiger partial charge in [0.1, 0.15) is 23.0 Å². The molecule has 78 heavy (non-hydrogen) atoms. The van der Waals surface area contributed by atoms with Crippen LogP contribution in [0.3, 0.4) is 0 Å². The average molecular weight is 997 g/mol. The van der Waals surface area contributed by atoms with E-state index in [2.05, 4.69) is 301 Å². The highest BCUT2D eigenvalue weighted by atomic mass is 16.5. The number of rotatable bonds is 5. The molecule has 0 aliphatic carbocycles. The van der Waals surface area contributed by atoms with E-state index in [0.717, 1.165) is 102 Å². The lowest BCUT2D eigenvalue weighted by Gasteiger charge is -2.48. The highest BCUT2D eigenvalue weighted by Crippen LogP contribution is 2.65. The molecule has 0 bridgehead atoms. The molecule has 4 nitrogen and oxygen atoms in total. The van der Waals surface area contributed by atoms with E-state index in [-0.39, 0.29) is 0 Å². The second-order valence-electron chi connectivity index (χ2n) is 20.7. The Balaban J connectivity index is 0.880. The van der Waals surface area contributed by atoms with Crippen LogP contribution < -0.4 is 19.3 Å². The molecule has 4 aliphatic rings. The summed E-state index contributed by atoms with van der Waals surface area (Å²) in [6.45, 7) is 0. The highest BCUT2D eigenvalue weighted by Gasteiger charge is 2.53. The molecule has 0 aromatic heterocycles. The fraction of sp³-hybridized carbons (Fsp3) is 0.0270. The summed E-state index contributed by atoms with van der Waals surface area (Å²) >= 11 is 0. The summed E-state index contributed by atoms with van der Waals surface area (Å²) in [6, 6.07) is 106. The van der Waals surface area contributed by atoms with E-state index >= 15 is 0 Å². The molecule has 2 spiro atoms. The number of para-hydroxylation sites is 6. The van der Waals surface area contributed by atoms with Crippen molar-refractivity contribution in [1.29, 1.82) is 0 Å². The normalized spacial score (nSPS) is 14.3. The van der Waals surface area contributed by atoms with Crippen LogP contribution in [0.25, 0.3) is 33.4 Å². The predicted octanol–water partition coefficient (Wildman–Crippen LogP) is 19.2. The van der Waals surface area contributed by atoms with Crippen LogP contribution >= 0.6 is 0 Å². The SMILES string of the molecule is c1ccc(-c2ccc3c(c2)C2(c4ccccc4Oc4ccccc42)c2ccccc2N3c2cccc(-c3cccc(N4c5ccccc5C5(c6ccccc6Oc6ccccc65)c5cc(-c6ccccc6)ccc54)c3)c2)cc1. The second kappa shape index (κ2) is 17.2. The van der Waals surface area contributed by atoms with Gasteiger partial charge in [-0.2, -0.15) is 0 Å². The van der Waals surface area contributed by atoms with E-state index in [0.29, 0.717) is 0 Å². The Bertz CT molecular complexity index is 4000. The van der Waals surface area contributed by atoms with Crippen LogP contribution in [0.2, 0.25) is 0 Å². The summed E-state index contributed by atoms with van der Waals surface area (Å²) in [6.07, 6.45) is 0. The minimum absolute atomic E-state index is 0.680. The summed E-state index contributed by atoms with van der Waals surface area (Å²) in [4.78, 5) is 4.95. The van der Waals surface area contributed by atoms with E-state index in [1.54, 1.807) is 0 Å². The molecule has 366 valence electrons. The van der Waals surface area contributed by atoms with Crippen LogP contribution in [0, 0.1) is 0 Å². The molecular weight excluding hydrogens is 949 g/mol. The van der Waals surface area contributed by atoms with E-state index in [4.69, 9.17) is 9.47 Å². The molecule has 4 aliphatic heterocycles. The van der Waals surface area contributed by atoms with Gasteiger partial charge in [0, 0.05) is 33.6 Å². The molecule has 0 fully saturated rings. The fourth-order valence-electron chi connectivity index (χ4n) is 13.6. The lowest BCUT2D eigenvalue weighted by molar-refractivity contribution is 0.434. The van der Waals surface area contributed by atoms with Gasteiger partial charge in [0.25, 0.3) is 0 Å². The fourth-order valence-corrected chi connectivity index (χ4v) is 13.6. The maximum atomic E-state index is 6.78. The first-order valence-corrected chi connectivity index (χ1v) is 26.8. The van der Waals surface area contributed by atoms with E-state index in [1.807, 2.05) is 0 Å². The molecule has 16 rings (SSSR count). The molecule has 0 N–H and O–H groups in total. The zero-order valence-corrected chi connectivity index (χ0v) is 42.4. The quantitative estimate of drug-likeness (QED) is 0.172. The minimum atomic E-state index is -0.680. The van der Waals surface area contributed by atoms with Crippen molar-refractivity contribution in [3.05, 3.63) is 336 Å². The van der Waals surface area contributed by atoms with Crippen molar-refractivity contribution in [2.75, 3.05) is 9.80 Å². The van der Waals surface area contributed by atoms with Crippen LogP contribution in [0.5, 0.6) is 23.0 Å². The largest absolute Gasteiger partial charge is 0.457 e. The van der Waals surface area contributed by atoms with Gasteiger partial charge >= 0.3 is 0 Å². The molecule has 12 aromatic rings. The van der Waals surface area contributed by atoms with Gasteiger partial charge in [-0.15, -0.1) is 0 Å². The van der Waals surface area contributed by atoms with Gasteiger partial charge in [0.15, 0.2) is 0 Å². The average Bonchev–Trinajstić information content (AvgIpc) is 2.84. The molecule has 0 amide bonds. The maximum Gasteiger partial charge on any atom is 0.132 e. The Kier molecular flexibility index (Phi) is 9.73. The first-order valence-electron chi connectivity index (χ1n) is 26.8. The van der Waals surface area contributed by atoms with Crippen LogP contribution in [0.15, 0.2) is 291 Å². The van der Waals surface area contributed by atoms with Crippen LogP contribution in [-0.4, -0.2) is 0 Å². The highest BCUT2D eigenvalue weighted by molar-refractivity contribution is 5.95. The Labute approximate surface area is 454 Å². The Morgan fingerprint density at radius 2 is 0.500 bits per heavy atom. The number of ether oxygens (including phenoxy) is 2. The first-order chi connectivity index (χ1) is 38.7. The van der Waals surface area contributed by atoms with Gasteiger partial charge in [-0.3, -0.25) is 0 Å². The lowest BCUT2D eigenvalue weighted by atomic mass is 9.61.